The van der Waals surface area contributed by atoms with Crippen LogP contribution in [-0.4, -0.2) is 39.3 Å². The number of carbonyl (C=O) groups is 3. The fraction of sp³-hybridized carbons (Fsp3) is 0.250. The normalized spacial score (nSPS) is 10.8. The van der Waals surface area contributed by atoms with Crippen LogP contribution in [0.2, 0.25) is 0 Å². The Balaban J connectivity index is 0.000000342. The van der Waals surface area contributed by atoms with E-state index in [0.29, 0.717) is 5.56 Å². The van der Waals surface area contributed by atoms with Gasteiger partial charge in [0.2, 0.25) is 0 Å². The molecule has 0 aliphatic carbocycles. The van der Waals surface area contributed by atoms with Crippen LogP contribution in [0.4, 0.5) is 0 Å². The lowest BCUT2D eigenvalue weighted by Gasteiger charge is -2.01. The van der Waals surface area contributed by atoms with Gasteiger partial charge in [-0.1, -0.05) is 18.2 Å². The Morgan fingerprint density at radius 3 is 1.89 bits per heavy atom. The molecule has 1 atom stereocenters. The predicted octanol–water partition coefficient (Wildman–Crippen LogP) is 0.648. The largest absolute Gasteiger partial charge is 0.481 e. The molecule has 7 heteroatoms. The molecule has 1 aromatic rings. The van der Waals surface area contributed by atoms with E-state index in [4.69, 9.17) is 21.1 Å². The lowest BCUT2D eigenvalue weighted by molar-refractivity contribution is -0.139. The fourth-order valence-corrected chi connectivity index (χ4v) is 0.983. The first kappa shape index (κ1) is 16.6. The Morgan fingerprint density at radius 1 is 1.05 bits per heavy atom. The van der Waals surface area contributed by atoms with Gasteiger partial charge >= 0.3 is 17.9 Å². The molecular weight excluding hydrogens is 254 g/mol. The molecule has 0 bridgehead atoms. The molecule has 0 amide bonds. The Morgan fingerprint density at radius 2 is 1.58 bits per heavy atom. The third-order valence-electron chi connectivity index (χ3n) is 2.01. The Kier molecular flexibility index (Phi) is 7.55. The van der Waals surface area contributed by atoms with Crippen LogP contribution in [0.15, 0.2) is 30.3 Å². The van der Waals surface area contributed by atoms with E-state index in [1.165, 1.54) is 0 Å². The molecule has 0 heterocycles. The second-order valence-corrected chi connectivity index (χ2v) is 3.55. The van der Waals surface area contributed by atoms with Gasteiger partial charge in [-0.25, -0.2) is 4.79 Å². The van der Waals surface area contributed by atoms with Crippen molar-refractivity contribution in [3.05, 3.63) is 35.9 Å². The highest BCUT2D eigenvalue weighted by Gasteiger charge is 2.12. The summed E-state index contributed by atoms with van der Waals surface area (Å²) in [6.45, 7) is 0. The summed E-state index contributed by atoms with van der Waals surface area (Å²) in [4.78, 5) is 30.1. The van der Waals surface area contributed by atoms with Crippen LogP contribution < -0.4 is 5.73 Å². The number of hydrogen-bond donors (Lipinski definition) is 4. The van der Waals surface area contributed by atoms with Gasteiger partial charge in [0, 0.05) is 6.42 Å². The fourth-order valence-electron chi connectivity index (χ4n) is 0.983. The topological polar surface area (TPSA) is 138 Å². The second-order valence-electron chi connectivity index (χ2n) is 3.55. The van der Waals surface area contributed by atoms with Crippen molar-refractivity contribution in [2.75, 3.05) is 0 Å². The molecule has 0 aliphatic rings. The number of aromatic carboxylic acids is 1. The highest BCUT2D eigenvalue weighted by atomic mass is 16.4. The van der Waals surface area contributed by atoms with Crippen molar-refractivity contribution in [3.8, 4) is 0 Å². The second kappa shape index (κ2) is 8.65. The smallest absolute Gasteiger partial charge is 0.335 e. The highest BCUT2D eigenvalue weighted by molar-refractivity contribution is 5.87. The lowest BCUT2D eigenvalue weighted by Crippen LogP contribution is -2.30. The van der Waals surface area contributed by atoms with Crippen molar-refractivity contribution in [1.82, 2.24) is 0 Å². The molecule has 1 rings (SSSR count). The minimum atomic E-state index is -1.17. The van der Waals surface area contributed by atoms with E-state index in [1.807, 2.05) is 0 Å². The molecule has 0 saturated carbocycles. The minimum absolute atomic E-state index is 0.0231. The predicted molar refractivity (Wildman–Crippen MR) is 65.9 cm³/mol. The first-order valence-corrected chi connectivity index (χ1v) is 5.33. The summed E-state index contributed by atoms with van der Waals surface area (Å²) in [5.74, 6) is -3.08. The van der Waals surface area contributed by atoms with Gasteiger partial charge in [0.15, 0.2) is 0 Å². The summed E-state index contributed by atoms with van der Waals surface area (Å²) < 4.78 is 0. The van der Waals surface area contributed by atoms with Gasteiger partial charge in [-0.2, -0.15) is 0 Å². The van der Waals surface area contributed by atoms with Crippen molar-refractivity contribution in [1.29, 1.82) is 0 Å². The van der Waals surface area contributed by atoms with Gasteiger partial charge in [-0.3, -0.25) is 9.59 Å². The first-order valence-electron chi connectivity index (χ1n) is 5.33. The third-order valence-corrected chi connectivity index (χ3v) is 2.01. The number of carboxylic acids is 3. The van der Waals surface area contributed by atoms with Gasteiger partial charge in [-0.15, -0.1) is 0 Å². The molecule has 0 fully saturated rings. The summed E-state index contributed by atoms with van der Waals surface area (Å²) in [7, 11) is 0. The monoisotopic (exact) mass is 269 g/mol. The molecule has 104 valence electrons. The summed E-state index contributed by atoms with van der Waals surface area (Å²) in [5, 5.41) is 24.7. The van der Waals surface area contributed by atoms with Gasteiger partial charge in [0.25, 0.3) is 0 Å². The van der Waals surface area contributed by atoms with E-state index in [1.54, 1.807) is 30.3 Å². The number of benzene rings is 1. The number of nitrogens with two attached hydrogens (primary N) is 1. The third kappa shape index (κ3) is 8.33. The van der Waals surface area contributed by atoms with Crippen LogP contribution in [0.3, 0.4) is 0 Å². The van der Waals surface area contributed by atoms with E-state index in [-0.39, 0.29) is 12.8 Å². The quantitative estimate of drug-likeness (QED) is 0.615. The average Bonchev–Trinajstić information content (AvgIpc) is 2.37. The molecule has 1 aromatic carbocycles. The standard InChI is InChI=1S/C7H6O2.C5H9NO4/c8-7(9)6-4-2-1-3-5-6;6-3(5(9)10)1-2-4(7)8/h1-5H,(H,8,9);3H,1-2,6H2,(H,7,8)(H,9,10). The molecule has 1 unspecified atom stereocenters. The van der Waals surface area contributed by atoms with Crippen molar-refractivity contribution in [3.63, 3.8) is 0 Å². The van der Waals surface area contributed by atoms with Gasteiger partial charge < -0.3 is 21.1 Å². The van der Waals surface area contributed by atoms with Gasteiger partial charge in [-0.05, 0) is 18.6 Å². The zero-order valence-corrected chi connectivity index (χ0v) is 10.0. The van der Waals surface area contributed by atoms with E-state index in [2.05, 4.69) is 0 Å². The number of hydrogen-bond acceptors (Lipinski definition) is 4. The molecule has 5 N–H and O–H groups in total. The Labute approximate surface area is 109 Å². The molecule has 0 aliphatic heterocycles. The zero-order chi connectivity index (χ0) is 14.8. The molecule has 7 nitrogen and oxygen atoms in total. The molecule has 0 spiro atoms. The number of rotatable bonds is 5. The van der Waals surface area contributed by atoms with Crippen LogP contribution >= 0.6 is 0 Å². The molecule has 0 saturated heterocycles. The van der Waals surface area contributed by atoms with Crippen molar-refractivity contribution < 1.29 is 29.7 Å². The van der Waals surface area contributed by atoms with Crippen LogP contribution in [-0.2, 0) is 9.59 Å². The molecule has 19 heavy (non-hydrogen) atoms. The van der Waals surface area contributed by atoms with Crippen LogP contribution in [0.1, 0.15) is 23.2 Å². The minimum Gasteiger partial charge on any atom is -0.481 e. The Bertz CT molecular complexity index is 431. The zero-order valence-electron chi connectivity index (χ0n) is 10.0. The maximum atomic E-state index is 10.2. The summed E-state index contributed by atoms with van der Waals surface area (Å²) in [6, 6.07) is 7.24. The summed E-state index contributed by atoms with van der Waals surface area (Å²) in [6.07, 6.45) is -0.224. The van der Waals surface area contributed by atoms with E-state index in [9.17, 15) is 14.4 Å². The van der Waals surface area contributed by atoms with Crippen molar-refractivity contribution in [2.24, 2.45) is 5.73 Å². The van der Waals surface area contributed by atoms with Crippen LogP contribution in [0.25, 0.3) is 0 Å². The maximum absolute atomic E-state index is 10.2. The van der Waals surface area contributed by atoms with Crippen LogP contribution in [0, 0.1) is 0 Å². The lowest BCUT2D eigenvalue weighted by atomic mass is 10.2. The number of aliphatic carboxylic acids is 2. The molecule has 0 aromatic heterocycles. The van der Waals surface area contributed by atoms with E-state index >= 15 is 0 Å². The average molecular weight is 269 g/mol. The summed E-state index contributed by atoms with van der Waals surface area (Å²) >= 11 is 0. The molecular formula is C12H15NO6. The van der Waals surface area contributed by atoms with Gasteiger partial charge in [0.1, 0.15) is 6.04 Å². The SMILES string of the molecule is NC(CCC(=O)O)C(=O)O.O=C(O)c1ccccc1. The highest BCUT2D eigenvalue weighted by Crippen LogP contribution is 1.96. The van der Waals surface area contributed by atoms with Crippen LogP contribution in [0.5, 0.6) is 0 Å². The van der Waals surface area contributed by atoms with E-state index < -0.39 is 23.9 Å². The maximum Gasteiger partial charge on any atom is 0.335 e. The first-order chi connectivity index (χ1) is 8.84. The number of carboxylic acid groups (broad SMARTS) is 3. The molecule has 0 radical (unpaired) electrons. The summed E-state index contributed by atoms with van der Waals surface area (Å²) in [5.41, 5.74) is 5.33. The van der Waals surface area contributed by atoms with Gasteiger partial charge in [0.05, 0.1) is 5.56 Å². The Hall–Kier alpha value is -2.41. The van der Waals surface area contributed by atoms with Crippen molar-refractivity contribution in [2.45, 2.75) is 18.9 Å². The van der Waals surface area contributed by atoms with E-state index in [0.717, 1.165) is 0 Å². The van der Waals surface area contributed by atoms with Crippen molar-refractivity contribution >= 4 is 17.9 Å².